The van der Waals surface area contributed by atoms with Crippen molar-refractivity contribution in [2.45, 2.75) is 4.90 Å². The average molecular weight is 296 g/mol. The van der Waals surface area contributed by atoms with E-state index in [1.54, 1.807) is 0 Å². The molecular weight excluding hydrogens is 287 g/mol. The van der Waals surface area contributed by atoms with Gasteiger partial charge in [-0.2, -0.15) is 0 Å². The van der Waals surface area contributed by atoms with Crippen LogP contribution in [0.1, 0.15) is 5.56 Å². The number of nitrogens with zero attached hydrogens (tertiary/aromatic N) is 1. The van der Waals surface area contributed by atoms with Crippen molar-refractivity contribution in [2.24, 2.45) is 0 Å². The fourth-order valence-corrected chi connectivity index (χ4v) is 2.49. The number of benzene rings is 1. The van der Waals surface area contributed by atoms with Crippen molar-refractivity contribution in [1.29, 1.82) is 0 Å². The summed E-state index contributed by atoms with van der Waals surface area (Å²) in [5.41, 5.74) is 0.356. The molecule has 0 saturated heterocycles. The van der Waals surface area contributed by atoms with Crippen molar-refractivity contribution in [2.75, 3.05) is 11.3 Å². The van der Waals surface area contributed by atoms with Crippen LogP contribution in [0.4, 0.5) is 10.1 Å². The van der Waals surface area contributed by atoms with E-state index in [1.165, 1.54) is 6.07 Å². The lowest BCUT2D eigenvalue weighted by atomic mass is 10.2. The van der Waals surface area contributed by atoms with Crippen LogP contribution in [0.25, 0.3) is 0 Å². The normalized spacial score (nSPS) is 10.7. The number of aliphatic hydroxyl groups is 1. The van der Waals surface area contributed by atoms with Crippen LogP contribution in [0, 0.1) is 17.7 Å². The molecule has 2 rings (SSSR count). The minimum atomic E-state index is -4.07. The highest BCUT2D eigenvalue weighted by molar-refractivity contribution is 7.92. The van der Waals surface area contributed by atoms with E-state index in [1.807, 2.05) is 0 Å². The molecular formula is C12H9FN2O4S. The van der Waals surface area contributed by atoms with Crippen LogP contribution in [0.15, 0.2) is 40.1 Å². The summed E-state index contributed by atoms with van der Waals surface area (Å²) >= 11 is 0. The first kappa shape index (κ1) is 14.0. The molecule has 0 aliphatic carbocycles. The Bertz CT molecular complexity index is 760. The molecule has 0 unspecified atom stereocenters. The summed E-state index contributed by atoms with van der Waals surface area (Å²) in [5.74, 6) is 3.87. The van der Waals surface area contributed by atoms with Crippen LogP contribution in [0.3, 0.4) is 0 Å². The molecule has 0 spiro atoms. The molecule has 1 aromatic heterocycles. The predicted molar refractivity (Wildman–Crippen MR) is 67.7 cm³/mol. The number of hydrogen-bond acceptors (Lipinski definition) is 5. The number of aromatic nitrogens is 1. The zero-order valence-electron chi connectivity index (χ0n) is 10.00. The molecule has 104 valence electrons. The number of rotatable bonds is 3. The van der Waals surface area contributed by atoms with Gasteiger partial charge in [-0.1, -0.05) is 17.0 Å². The maximum Gasteiger partial charge on any atom is 0.264 e. The van der Waals surface area contributed by atoms with Gasteiger partial charge in [0.05, 0.1) is 6.20 Å². The van der Waals surface area contributed by atoms with Gasteiger partial charge in [0.25, 0.3) is 10.0 Å². The van der Waals surface area contributed by atoms with E-state index >= 15 is 0 Å². The Labute approximate surface area is 114 Å². The molecule has 0 amide bonds. The van der Waals surface area contributed by atoms with Crippen molar-refractivity contribution in [1.82, 2.24) is 5.16 Å². The van der Waals surface area contributed by atoms with Gasteiger partial charge < -0.3 is 9.63 Å². The number of halogens is 1. The van der Waals surface area contributed by atoms with Crippen LogP contribution < -0.4 is 4.72 Å². The first-order valence-electron chi connectivity index (χ1n) is 5.34. The third-order valence-corrected chi connectivity index (χ3v) is 3.63. The topological polar surface area (TPSA) is 92.4 Å². The van der Waals surface area contributed by atoms with Crippen LogP contribution in [-0.2, 0) is 10.0 Å². The highest BCUT2D eigenvalue weighted by Crippen LogP contribution is 2.19. The van der Waals surface area contributed by atoms with E-state index in [0.717, 1.165) is 24.6 Å². The summed E-state index contributed by atoms with van der Waals surface area (Å²) in [4.78, 5) is -0.520. The van der Waals surface area contributed by atoms with Crippen molar-refractivity contribution >= 4 is 15.7 Å². The van der Waals surface area contributed by atoms with Gasteiger partial charge in [0.1, 0.15) is 29.3 Å². The van der Waals surface area contributed by atoms with Gasteiger partial charge in [-0.3, -0.25) is 4.72 Å². The Hall–Kier alpha value is -2.37. The van der Waals surface area contributed by atoms with E-state index in [0.29, 0.717) is 0 Å². The maximum atomic E-state index is 13.8. The Morgan fingerprint density at radius 1 is 1.45 bits per heavy atom. The quantitative estimate of drug-likeness (QED) is 0.823. The molecule has 1 heterocycles. The molecule has 8 heteroatoms. The summed E-state index contributed by atoms with van der Waals surface area (Å²) < 4.78 is 44.3. The number of nitrogens with one attached hydrogen (secondary N) is 1. The number of aliphatic hydroxyl groups excluding tert-OH is 1. The highest BCUT2D eigenvalue weighted by Gasteiger charge is 2.19. The number of anilines is 1. The van der Waals surface area contributed by atoms with Crippen LogP contribution in [0.2, 0.25) is 0 Å². The lowest BCUT2D eigenvalue weighted by molar-refractivity contribution is 0.350. The second-order valence-corrected chi connectivity index (χ2v) is 5.27. The lowest BCUT2D eigenvalue weighted by Crippen LogP contribution is -2.14. The molecule has 0 aliphatic rings. The smallest absolute Gasteiger partial charge is 0.264 e. The van der Waals surface area contributed by atoms with Crippen LogP contribution in [-0.4, -0.2) is 25.3 Å². The first-order valence-corrected chi connectivity index (χ1v) is 6.83. The van der Waals surface area contributed by atoms with Crippen LogP contribution in [0.5, 0.6) is 0 Å². The Morgan fingerprint density at radius 3 is 2.85 bits per heavy atom. The second-order valence-electron chi connectivity index (χ2n) is 3.62. The predicted octanol–water partition coefficient (Wildman–Crippen LogP) is 0.958. The Kier molecular flexibility index (Phi) is 4.02. The lowest BCUT2D eigenvalue weighted by Gasteiger charge is -2.06. The number of hydrogen-bond donors (Lipinski definition) is 2. The third-order valence-electron chi connectivity index (χ3n) is 2.22. The summed E-state index contributed by atoms with van der Waals surface area (Å²) in [6.45, 7) is -0.364. The molecule has 2 aromatic rings. The molecule has 0 saturated carbocycles. The standard InChI is InChI=1S/C12H9FN2O4S/c13-11-6-9(2-1-5-16)3-4-12(11)20(17,18)15-10-7-14-19-8-10/h3-4,6-8,15-16H,5H2. The second kappa shape index (κ2) is 5.73. The van der Waals surface area contributed by atoms with Gasteiger partial charge in [0.15, 0.2) is 0 Å². The molecule has 1 aromatic carbocycles. The molecule has 0 bridgehead atoms. The molecule has 0 fully saturated rings. The summed E-state index contributed by atoms with van der Waals surface area (Å²) in [6, 6.07) is 3.41. The van der Waals surface area contributed by atoms with Crippen molar-refractivity contribution in [3.05, 3.63) is 42.0 Å². The van der Waals surface area contributed by atoms with Gasteiger partial charge in [-0.25, -0.2) is 12.8 Å². The molecule has 0 atom stereocenters. The minimum absolute atomic E-state index is 0.0912. The van der Waals surface area contributed by atoms with Gasteiger partial charge >= 0.3 is 0 Å². The van der Waals surface area contributed by atoms with E-state index in [-0.39, 0.29) is 17.9 Å². The number of sulfonamides is 1. The molecule has 2 N–H and O–H groups in total. The first-order chi connectivity index (χ1) is 9.53. The molecule has 20 heavy (non-hydrogen) atoms. The zero-order chi connectivity index (χ0) is 14.6. The van der Waals surface area contributed by atoms with Gasteiger partial charge in [-0.15, -0.1) is 0 Å². The van der Waals surface area contributed by atoms with Gasteiger partial charge in [0, 0.05) is 5.56 Å². The highest BCUT2D eigenvalue weighted by atomic mass is 32.2. The van der Waals surface area contributed by atoms with E-state index in [2.05, 4.69) is 26.2 Å². The van der Waals surface area contributed by atoms with E-state index in [4.69, 9.17) is 5.11 Å². The zero-order valence-corrected chi connectivity index (χ0v) is 10.8. The summed E-state index contributed by atoms with van der Waals surface area (Å²) in [7, 11) is -4.07. The molecule has 6 nitrogen and oxygen atoms in total. The fraction of sp³-hybridized carbons (Fsp3) is 0.0833. The average Bonchev–Trinajstić information content (AvgIpc) is 2.88. The van der Waals surface area contributed by atoms with E-state index in [9.17, 15) is 12.8 Å². The van der Waals surface area contributed by atoms with Gasteiger partial charge in [-0.05, 0) is 18.2 Å². The van der Waals surface area contributed by atoms with E-state index < -0.39 is 20.7 Å². The van der Waals surface area contributed by atoms with Crippen LogP contribution >= 0.6 is 0 Å². The van der Waals surface area contributed by atoms with Crippen molar-refractivity contribution < 1.29 is 22.4 Å². The van der Waals surface area contributed by atoms with Gasteiger partial charge in [0.2, 0.25) is 0 Å². The van der Waals surface area contributed by atoms with Crippen molar-refractivity contribution in [3.8, 4) is 11.8 Å². The SMILES string of the molecule is O=S(=O)(Nc1cnoc1)c1ccc(C#CCO)cc1F. The largest absolute Gasteiger partial charge is 0.384 e. The summed E-state index contributed by atoms with van der Waals surface area (Å²) in [6.07, 6.45) is 2.23. The maximum absolute atomic E-state index is 13.8. The third kappa shape index (κ3) is 3.14. The monoisotopic (exact) mass is 296 g/mol. The van der Waals surface area contributed by atoms with Crippen molar-refractivity contribution in [3.63, 3.8) is 0 Å². The fourth-order valence-electron chi connectivity index (χ4n) is 1.40. The minimum Gasteiger partial charge on any atom is -0.384 e. The molecule has 0 aliphatic heterocycles. The Balaban J connectivity index is 2.33. The molecule has 0 radical (unpaired) electrons. The summed E-state index contributed by atoms with van der Waals surface area (Å²) in [5, 5.41) is 11.9. The Morgan fingerprint density at radius 2 is 2.25 bits per heavy atom.